The highest BCUT2D eigenvalue weighted by Gasteiger charge is 2.07. The van der Waals surface area contributed by atoms with Crippen LogP contribution in [0.1, 0.15) is 0 Å². The summed E-state index contributed by atoms with van der Waals surface area (Å²) in [6, 6.07) is 7.35. The summed E-state index contributed by atoms with van der Waals surface area (Å²) in [5.74, 6) is 0.463. The number of rotatable bonds is 6. The molecule has 0 saturated carbocycles. The number of hydrogen-bond acceptors (Lipinski definition) is 4. The number of amides is 1. The molecule has 6 heteroatoms. The predicted molar refractivity (Wildman–Crippen MR) is 73.2 cm³/mol. The lowest BCUT2D eigenvalue weighted by Gasteiger charge is -2.08. The van der Waals surface area contributed by atoms with Gasteiger partial charge in [-0.2, -0.15) is 0 Å². The summed E-state index contributed by atoms with van der Waals surface area (Å²) in [7, 11) is 0. The van der Waals surface area contributed by atoms with Crippen LogP contribution >= 0.6 is 27.7 Å². The van der Waals surface area contributed by atoms with Gasteiger partial charge in [-0.05, 0) is 28.1 Å². The van der Waals surface area contributed by atoms with Crippen LogP contribution in [0.25, 0.3) is 0 Å². The van der Waals surface area contributed by atoms with E-state index < -0.39 is 6.10 Å². The van der Waals surface area contributed by atoms with Crippen molar-refractivity contribution in [3.8, 4) is 0 Å². The summed E-state index contributed by atoms with van der Waals surface area (Å²) in [6.07, 6.45) is -0.767. The molecule has 4 nitrogen and oxygen atoms in total. The van der Waals surface area contributed by atoms with Crippen LogP contribution in [0.2, 0.25) is 0 Å². The molecule has 1 amide bonds. The second-order valence-electron chi connectivity index (χ2n) is 3.38. The van der Waals surface area contributed by atoms with Crippen LogP contribution in [-0.2, 0) is 4.79 Å². The number of aliphatic hydroxyl groups excluding tert-OH is 2. The minimum Gasteiger partial charge on any atom is -0.394 e. The topological polar surface area (TPSA) is 69.6 Å². The van der Waals surface area contributed by atoms with Gasteiger partial charge < -0.3 is 15.5 Å². The number of para-hydroxylation sites is 1. The van der Waals surface area contributed by atoms with Crippen LogP contribution in [0.5, 0.6) is 0 Å². The molecule has 0 spiro atoms. The molecular weight excluding hydrogens is 306 g/mol. The maximum Gasteiger partial charge on any atom is 0.234 e. The van der Waals surface area contributed by atoms with Crippen LogP contribution in [-0.4, -0.2) is 40.3 Å². The number of anilines is 1. The average molecular weight is 320 g/mol. The van der Waals surface area contributed by atoms with Crippen molar-refractivity contribution in [3.05, 3.63) is 28.7 Å². The molecule has 0 aliphatic heterocycles. The van der Waals surface area contributed by atoms with E-state index in [0.29, 0.717) is 5.75 Å². The minimum atomic E-state index is -0.767. The fourth-order valence-electron chi connectivity index (χ4n) is 1.09. The van der Waals surface area contributed by atoms with E-state index in [1.165, 1.54) is 11.8 Å². The molecule has 0 heterocycles. The first-order chi connectivity index (χ1) is 8.13. The first kappa shape index (κ1) is 14.5. The summed E-state index contributed by atoms with van der Waals surface area (Å²) in [5, 5.41) is 20.4. The Morgan fingerprint density at radius 3 is 2.82 bits per heavy atom. The Hall–Kier alpha value is -0.560. The Labute approximate surface area is 113 Å². The standard InChI is InChI=1S/C11H14BrNO3S/c12-9-3-1-2-4-10(9)13-11(16)7-17-6-8(15)5-14/h1-4,8,14-15H,5-7H2,(H,13,16). The number of hydrogen-bond donors (Lipinski definition) is 3. The largest absolute Gasteiger partial charge is 0.394 e. The van der Waals surface area contributed by atoms with Crippen molar-refractivity contribution in [1.82, 2.24) is 0 Å². The average Bonchev–Trinajstić information content (AvgIpc) is 2.32. The van der Waals surface area contributed by atoms with Gasteiger partial charge in [0.15, 0.2) is 0 Å². The van der Waals surface area contributed by atoms with E-state index in [-0.39, 0.29) is 18.3 Å². The fraction of sp³-hybridized carbons (Fsp3) is 0.364. The Balaban J connectivity index is 2.33. The van der Waals surface area contributed by atoms with Gasteiger partial charge in [-0.25, -0.2) is 0 Å². The maximum atomic E-state index is 11.5. The van der Waals surface area contributed by atoms with Gasteiger partial charge in [0.25, 0.3) is 0 Å². The lowest BCUT2D eigenvalue weighted by molar-refractivity contribution is -0.113. The van der Waals surface area contributed by atoms with Crippen molar-refractivity contribution in [2.45, 2.75) is 6.10 Å². The number of thioether (sulfide) groups is 1. The smallest absolute Gasteiger partial charge is 0.234 e. The normalized spacial score (nSPS) is 12.2. The third kappa shape index (κ3) is 5.54. The Bertz CT molecular complexity index is 375. The fourth-order valence-corrected chi connectivity index (χ4v) is 2.23. The zero-order valence-electron chi connectivity index (χ0n) is 9.10. The molecule has 1 rings (SSSR count). The number of carbonyl (C=O) groups excluding carboxylic acids is 1. The number of aliphatic hydroxyl groups is 2. The Kier molecular flexibility index (Phi) is 6.57. The van der Waals surface area contributed by atoms with Gasteiger partial charge in [0.1, 0.15) is 0 Å². The molecule has 0 radical (unpaired) electrons. The first-order valence-electron chi connectivity index (χ1n) is 5.04. The molecule has 17 heavy (non-hydrogen) atoms. The van der Waals surface area contributed by atoms with Gasteiger partial charge in [0, 0.05) is 10.2 Å². The highest BCUT2D eigenvalue weighted by Crippen LogP contribution is 2.21. The van der Waals surface area contributed by atoms with Crippen molar-refractivity contribution in [2.24, 2.45) is 0 Å². The van der Waals surface area contributed by atoms with E-state index in [4.69, 9.17) is 10.2 Å². The third-order valence-corrected chi connectivity index (χ3v) is 3.68. The zero-order valence-corrected chi connectivity index (χ0v) is 11.5. The highest BCUT2D eigenvalue weighted by molar-refractivity contribution is 9.10. The summed E-state index contributed by atoms with van der Waals surface area (Å²) in [6.45, 7) is -0.279. The van der Waals surface area contributed by atoms with Crippen molar-refractivity contribution in [2.75, 3.05) is 23.4 Å². The molecule has 0 bridgehead atoms. The number of nitrogens with one attached hydrogen (secondary N) is 1. The lowest BCUT2D eigenvalue weighted by Crippen LogP contribution is -2.19. The van der Waals surface area contributed by atoms with Crippen LogP contribution < -0.4 is 5.32 Å². The van der Waals surface area contributed by atoms with Crippen molar-refractivity contribution < 1.29 is 15.0 Å². The summed E-state index contributed by atoms with van der Waals surface area (Å²) in [5.41, 5.74) is 0.723. The lowest BCUT2D eigenvalue weighted by atomic mass is 10.3. The molecule has 1 aromatic rings. The molecular formula is C11H14BrNO3S. The van der Waals surface area contributed by atoms with Gasteiger partial charge in [0.05, 0.1) is 24.2 Å². The number of carbonyl (C=O) groups is 1. The second kappa shape index (κ2) is 7.71. The monoisotopic (exact) mass is 319 g/mol. The maximum absolute atomic E-state index is 11.5. The Morgan fingerprint density at radius 1 is 1.47 bits per heavy atom. The van der Waals surface area contributed by atoms with Gasteiger partial charge >= 0.3 is 0 Å². The molecule has 0 aromatic heterocycles. The molecule has 3 N–H and O–H groups in total. The summed E-state index contributed by atoms with van der Waals surface area (Å²) in [4.78, 5) is 11.5. The van der Waals surface area contributed by atoms with Crippen LogP contribution in [0.15, 0.2) is 28.7 Å². The van der Waals surface area contributed by atoms with Gasteiger partial charge in [-0.1, -0.05) is 12.1 Å². The summed E-state index contributed by atoms with van der Waals surface area (Å²) >= 11 is 4.61. The van der Waals surface area contributed by atoms with Crippen LogP contribution in [0.4, 0.5) is 5.69 Å². The molecule has 1 aromatic carbocycles. The van der Waals surface area contributed by atoms with Crippen molar-refractivity contribution in [3.63, 3.8) is 0 Å². The van der Waals surface area contributed by atoms with Gasteiger partial charge in [-0.3, -0.25) is 4.79 Å². The molecule has 1 atom stereocenters. The summed E-state index contributed by atoms with van der Waals surface area (Å²) < 4.78 is 0.828. The van der Waals surface area contributed by atoms with E-state index in [1.807, 2.05) is 18.2 Å². The molecule has 0 aliphatic rings. The van der Waals surface area contributed by atoms with Gasteiger partial charge in [0.2, 0.25) is 5.91 Å². The van der Waals surface area contributed by atoms with E-state index >= 15 is 0 Å². The van der Waals surface area contributed by atoms with Crippen LogP contribution in [0.3, 0.4) is 0 Å². The number of halogens is 1. The van der Waals surface area contributed by atoms with Crippen molar-refractivity contribution in [1.29, 1.82) is 0 Å². The van der Waals surface area contributed by atoms with Crippen molar-refractivity contribution >= 4 is 39.3 Å². The molecule has 0 aliphatic carbocycles. The molecule has 1 unspecified atom stereocenters. The first-order valence-corrected chi connectivity index (χ1v) is 6.99. The zero-order chi connectivity index (χ0) is 12.7. The second-order valence-corrected chi connectivity index (χ2v) is 5.26. The van der Waals surface area contributed by atoms with E-state index in [2.05, 4.69) is 21.2 Å². The molecule has 0 saturated heterocycles. The quantitative estimate of drug-likeness (QED) is 0.742. The SMILES string of the molecule is O=C(CSCC(O)CO)Nc1ccccc1Br. The number of benzene rings is 1. The third-order valence-electron chi connectivity index (χ3n) is 1.90. The van der Waals surface area contributed by atoms with E-state index in [0.717, 1.165) is 10.2 Å². The van der Waals surface area contributed by atoms with Gasteiger partial charge in [-0.15, -0.1) is 11.8 Å². The molecule has 94 valence electrons. The van der Waals surface area contributed by atoms with Crippen LogP contribution in [0, 0.1) is 0 Å². The minimum absolute atomic E-state index is 0.132. The predicted octanol–water partition coefficient (Wildman–Crippen LogP) is 1.47. The highest BCUT2D eigenvalue weighted by atomic mass is 79.9. The Morgan fingerprint density at radius 2 is 2.18 bits per heavy atom. The van der Waals surface area contributed by atoms with E-state index in [1.54, 1.807) is 6.07 Å². The molecule has 0 fully saturated rings. The van der Waals surface area contributed by atoms with E-state index in [9.17, 15) is 4.79 Å².